The normalized spacial score (nSPS) is 11.7. The van der Waals surface area contributed by atoms with Crippen molar-refractivity contribution in [3.8, 4) is 0 Å². The van der Waals surface area contributed by atoms with E-state index in [4.69, 9.17) is 0 Å². The summed E-state index contributed by atoms with van der Waals surface area (Å²) in [5.41, 5.74) is 0.979. The molecule has 0 nitrogen and oxygen atoms in total. The number of thioether (sulfide) groups is 1. The summed E-state index contributed by atoms with van der Waals surface area (Å²) in [5.74, 6) is -0.823. The second-order valence-corrected chi connectivity index (χ2v) is 3.77. The Morgan fingerprint density at radius 2 is 2.00 bits per heavy atom. The van der Waals surface area contributed by atoms with E-state index in [1.807, 2.05) is 13.0 Å². The van der Waals surface area contributed by atoms with Crippen LogP contribution in [-0.4, -0.2) is 11.9 Å². The zero-order chi connectivity index (χ0) is 9.90. The van der Waals surface area contributed by atoms with Gasteiger partial charge in [-0.1, -0.05) is 17.7 Å². The molecule has 0 amide bonds. The molecule has 0 bridgehead atoms. The minimum Gasteiger partial charge on any atom is -0.170 e. The number of rotatable bonds is 2. The minimum atomic E-state index is -4.09. The summed E-state index contributed by atoms with van der Waals surface area (Å²) in [5, 5.41) is 0. The SMILES string of the molecule is Cc1cccc(SCC(F)(F)F)c1. The highest BCUT2D eigenvalue weighted by molar-refractivity contribution is 7.99. The van der Waals surface area contributed by atoms with Crippen LogP contribution >= 0.6 is 11.8 Å². The molecule has 0 aliphatic rings. The molecule has 0 aromatic heterocycles. The van der Waals surface area contributed by atoms with E-state index in [2.05, 4.69) is 0 Å². The van der Waals surface area contributed by atoms with Crippen molar-refractivity contribution in [1.82, 2.24) is 0 Å². The molecule has 0 saturated carbocycles. The van der Waals surface area contributed by atoms with E-state index in [1.54, 1.807) is 18.2 Å². The van der Waals surface area contributed by atoms with E-state index in [-0.39, 0.29) is 0 Å². The molecule has 0 fully saturated rings. The Kier molecular flexibility index (Phi) is 3.25. The van der Waals surface area contributed by atoms with Gasteiger partial charge in [-0.05, 0) is 19.1 Å². The van der Waals surface area contributed by atoms with Crippen LogP contribution in [0, 0.1) is 6.92 Å². The molecule has 0 aliphatic heterocycles. The van der Waals surface area contributed by atoms with E-state index in [1.165, 1.54) is 0 Å². The van der Waals surface area contributed by atoms with Gasteiger partial charge in [0.15, 0.2) is 0 Å². The number of aryl methyl sites for hydroxylation is 1. The molecule has 0 N–H and O–H groups in total. The number of benzene rings is 1. The molecule has 0 aliphatic carbocycles. The van der Waals surface area contributed by atoms with Crippen LogP contribution in [0.5, 0.6) is 0 Å². The highest BCUT2D eigenvalue weighted by atomic mass is 32.2. The van der Waals surface area contributed by atoms with Crippen molar-refractivity contribution < 1.29 is 13.2 Å². The van der Waals surface area contributed by atoms with E-state index >= 15 is 0 Å². The first-order chi connectivity index (χ1) is 5.97. The van der Waals surface area contributed by atoms with Gasteiger partial charge in [0.05, 0.1) is 5.75 Å². The van der Waals surface area contributed by atoms with Crippen molar-refractivity contribution in [2.24, 2.45) is 0 Å². The van der Waals surface area contributed by atoms with Gasteiger partial charge in [-0.3, -0.25) is 0 Å². The fourth-order valence-electron chi connectivity index (χ4n) is 0.870. The van der Waals surface area contributed by atoms with Crippen LogP contribution in [0.15, 0.2) is 29.2 Å². The lowest BCUT2D eigenvalue weighted by atomic mass is 10.2. The Morgan fingerprint density at radius 1 is 1.31 bits per heavy atom. The second-order valence-electron chi connectivity index (χ2n) is 2.72. The van der Waals surface area contributed by atoms with Gasteiger partial charge in [-0.25, -0.2) is 0 Å². The van der Waals surface area contributed by atoms with E-state index in [9.17, 15) is 13.2 Å². The Morgan fingerprint density at radius 3 is 2.54 bits per heavy atom. The van der Waals surface area contributed by atoms with E-state index in [0.29, 0.717) is 4.90 Å². The summed E-state index contributed by atoms with van der Waals surface area (Å²) in [4.78, 5) is 0.664. The zero-order valence-corrected chi connectivity index (χ0v) is 7.88. The van der Waals surface area contributed by atoms with Crippen molar-refractivity contribution in [2.45, 2.75) is 18.0 Å². The smallest absolute Gasteiger partial charge is 0.170 e. The van der Waals surface area contributed by atoms with Crippen molar-refractivity contribution in [2.75, 3.05) is 5.75 Å². The van der Waals surface area contributed by atoms with Crippen molar-refractivity contribution >= 4 is 11.8 Å². The second kappa shape index (κ2) is 4.05. The lowest BCUT2D eigenvalue weighted by Crippen LogP contribution is -2.10. The maximum Gasteiger partial charge on any atom is 0.398 e. The van der Waals surface area contributed by atoms with Crippen LogP contribution in [0.1, 0.15) is 5.56 Å². The van der Waals surface area contributed by atoms with Gasteiger partial charge in [-0.15, -0.1) is 11.8 Å². The summed E-state index contributed by atoms with van der Waals surface area (Å²) >= 11 is 0.817. The fraction of sp³-hybridized carbons (Fsp3) is 0.333. The monoisotopic (exact) mass is 206 g/mol. The molecular formula is C9H9F3S. The lowest BCUT2D eigenvalue weighted by Gasteiger charge is -2.05. The van der Waals surface area contributed by atoms with Crippen LogP contribution < -0.4 is 0 Å². The minimum absolute atomic E-state index is 0.664. The maximum atomic E-state index is 11.8. The molecule has 13 heavy (non-hydrogen) atoms. The summed E-state index contributed by atoms with van der Waals surface area (Å²) in [6.45, 7) is 1.86. The Bertz CT molecular complexity index is 280. The van der Waals surface area contributed by atoms with Crippen molar-refractivity contribution in [1.29, 1.82) is 0 Å². The number of alkyl halides is 3. The molecule has 4 heteroatoms. The predicted octanol–water partition coefficient (Wildman–Crippen LogP) is 3.65. The Labute approximate surface area is 79.1 Å². The standard InChI is InChI=1S/C9H9F3S/c1-7-3-2-4-8(5-7)13-6-9(10,11)12/h2-5H,6H2,1H3. The van der Waals surface area contributed by atoms with Gasteiger partial charge in [0.2, 0.25) is 0 Å². The highest BCUT2D eigenvalue weighted by Crippen LogP contribution is 2.27. The van der Waals surface area contributed by atoms with Gasteiger partial charge in [0, 0.05) is 4.90 Å². The topological polar surface area (TPSA) is 0 Å². The maximum absolute atomic E-state index is 11.8. The average Bonchev–Trinajstić information content (AvgIpc) is 2.00. The molecule has 0 radical (unpaired) electrons. The van der Waals surface area contributed by atoms with E-state index < -0.39 is 11.9 Å². The van der Waals surface area contributed by atoms with Gasteiger partial charge in [0.25, 0.3) is 0 Å². The highest BCUT2D eigenvalue weighted by Gasteiger charge is 2.27. The summed E-state index contributed by atoms with van der Waals surface area (Å²) in [7, 11) is 0. The molecular weight excluding hydrogens is 197 g/mol. The molecule has 0 unspecified atom stereocenters. The van der Waals surface area contributed by atoms with Gasteiger partial charge in [-0.2, -0.15) is 13.2 Å². The molecule has 0 saturated heterocycles. The van der Waals surface area contributed by atoms with Crippen LogP contribution in [0.4, 0.5) is 13.2 Å². The predicted molar refractivity (Wildman–Crippen MR) is 48.0 cm³/mol. The Balaban J connectivity index is 2.55. The van der Waals surface area contributed by atoms with Crippen LogP contribution in [0.25, 0.3) is 0 Å². The lowest BCUT2D eigenvalue weighted by molar-refractivity contribution is -0.105. The average molecular weight is 206 g/mol. The number of halogens is 3. The molecule has 0 spiro atoms. The fourth-order valence-corrected chi connectivity index (χ4v) is 1.64. The zero-order valence-electron chi connectivity index (χ0n) is 7.06. The first-order valence-electron chi connectivity index (χ1n) is 3.73. The van der Waals surface area contributed by atoms with Crippen LogP contribution in [0.3, 0.4) is 0 Å². The largest absolute Gasteiger partial charge is 0.398 e. The van der Waals surface area contributed by atoms with Crippen molar-refractivity contribution in [3.63, 3.8) is 0 Å². The van der Waals surface area contributed by atoms with Gasteiger partial charge < -0.3 is 0 Å². The summed E-state index contributed by atoms with van der Waals surface area (Å²) in [6.07, 6.45) is -4.09. The summed E-state index contributed by atoms with van der Waals surface area (Å²) in [6, 6.07) is 7.05. The number of hydrogen-bond acceptors (Lipinski definition) is 1. The molecule has 1 aromatic rings. The molecule has 72 valence electrons. The third-order valence-electron chi connectivity index (χ3n) is 1.39. The van der Waals surface area contributed by atoms with Gasteiger partial charge >= 0.3 is 6.18 Å². The Hall–Kier alpha value is -0.640. The number of hydrogen-bond donors (Lipinski definition) is 0. The summed E-state index contributed by atoms with van der Waals surface area (Å²) < 4.78 is 35.5. The molecule has 1 rings (SSSR count). The third-order valence-corrected chi connectivity index (χ3v) is 2.45. The quantitative estimate of drug-likeness (QED) is 0.665. The van der Waals surface area contributed by atoms with Crippen molar-refractivity contribution in [3.05, 3.63) is 29.8 Å². The van der Waals surface area contributed by atoms with Crippen LogP contribution in [-0.2, 0) is 0 Å². The molecule has 0 atom stereocenters. The third kappa shape index (κ3) is 4.22. The van der Waals surface area contributed by atoms with E-state index in [0.717, 1.165) is 17.3 Å². The van der Waals surface area contributed by atoms with Crippen LogP contribution in [0.2, 0.25) is 0 Å². The molecule has 1 aromatic carbocycles. The first-order valence-corrected chi connectivity index (χ1v) is 4.72. The molecule has 0 heterocycles. The first kappa shape index (κ1) is 10.4. The van der Waals surface area contributed by atoms with Gasteiger partial charge in [0.1, 0.15) is 0 Å².